The summed E-state index contributed by atoms with van der Waals surface area (Å²) in [7, 11) is 5.94. The van der Waals surface area contributed by atoms with Crippen molar-refractivity contribution in [1.82, 2.24) is 4.98 Å². The Morgan fingerprint density at radius 1 is 0.944 bits per heavy atom. The van der Waals surface area contributed by atoms with Gasteiger partial charge >= 0.3 is 0 Å². The molecule has 2 nitrogen and oxygen atoms in total. The molecule has 0 aliphatic carbocycles. The first kappa shape index (κ1) is 9.72. The summed E-state index contributed by atoms with van der Waals surface area (Å²) in [6, 6.07) is 14.0. The van der Waals surface area contributed by atoms with Crippen LogP contribution < -0.4 is 5.46 Å². The zero-order chi connectivity index (χ0) is 12.1. The summed E-state index contributed by atoms with van der Waals surface area (Å²) >= 11 is 0. The van der Waals surface area contributed by atoms with Crippen LogP contribution in [0.1, 0.15) is 0 Å². The van der Waals surface area contributed by atoms with Crippen LogP contribution >= 0.6 is 0 Å². The number of hydrogen-bond donors (Lipinski definition) is 0. The highest BCUT2D eigenvalue weighted by Gasteiger charge is 2.11. The van der Waals surface area contributed by atoms with Crippen LogP contribution in [0.4, 0.5) is 0 Å². The van der Waals surface area contributed by atoms with Gasteiger partial charge in [-0.1, -0.05) is 47.9 Å². The smallest absolute Gasteiger partial charge is 0.227 e. The average molecular weight is 229 g/mol. The first-order valence-electron chi connectivity index (χ1n) is 5.79. The molecule has 2 aromatic heterocycles. The number of hydrogen-bond acceptors (Lipinski definition) is 2. The molecule has 0 aliphatic rings. The number of nitrogens with zero attached hydrogens (tertiary/aromatic N) is 1. The molecule has 0 saturated heterocycles. The van der Waals surface area contributed by atoms with Gasteiger partial charge in [-0.25, -0.2) is 4.98 Å². The molecule has 0 unspecified atom stereocenters. The second-order valence-corrected chi connectivity index (χ2v) is 4.35. The average Bonchev–Trinajstić information content (AvgIpc) is 2.79. The predicted octanol–water partition coefficient (Wildman–Crippen LogP) is 2.93. The van der Waals surface area contributed by atoms with Crippen LogP contribution in [0.15, 0.2) is 53.1 Å². The van der Waals surface area contributed by atoms with Gasteiger partial charge in [0.2, 0.25) is 5.71 Å². The Morgan fingerprint density at radius 3 is 2.72 bits per heavy atom. The molecule has 2 heterocycles. The van der Waals surface area contributed by atoms with E-state index in [2.05, 4.69) is 11.1 Å². The minimum atomic E-state index is 0.640. The molecule has 0 spiro atoms. The summed E-state index contributed by atoms with van der Waals surface area (Å²) in [5.74, 6) is 0. The molecule has 0 atom stereocenters. The maximum absolute atomic E-state index is 5.94. The summed E-state index contributed by atoms with van der Waals surface area (Å²) in [4.78, 5) is 4.37. The maximum Gasteiger partial charge on any atom is 0.227 e. The summed E-state index contributed by atoms with van der Waals surface area (Å²) < 4.78 is 5.76. The van der Waals surface area contributed by atoms with Crippen molar-refractivity contribution in [3.63, 3.8) is 0 Å². The lowest BCUT2D eigenvalue weighted by atomic mass is 9.93. The Bertz CT molecular complexity index is 895. The minimum Gasteiger partial charge on any atom is -0.438 e. The molecule has 2 aromatic carbocycles. The van der Waals surface area contributed by atoms with Crippen molar-refractivity contribution in [2.24, 2.45) is 0 Å². The molecule has 4 aromatic rings. The van der Waals surface area contributed by atoms with Gasteiger partial charge in [0.15, 0.2) is 0 Å². The van der Waals surface area contributed by atoms with E-state index in [0.29, 0.717) is 11.2 Å². The van der Waals surface area contributed by atoms with Crippen LogP contribution in [0.3, 0.4) is 0 Å². The zero-order valence-corrected chi connectivity index (χ0v) is 9.55. The molecular formula is C15H8BNO. The van der Waals surface area contributed by atoms with Gasteiger partial charge in [-0.3, -0.25) is 0 Å². The van der Waals surface area contributed by atoms with E-state index < -0.39 is 0 Å². The normalized spacial score (nSPS) is 11.6. The molecule has 0 saturated carbocycles. The first-order chi connectivity index (χ1) is 8.84. The number of benzene rings is 2. The number of fused-ring (bicyclic) bond motifs is 5. The minimum absolute atomic E-state index is 0.640. The third kappa shape index (κ3) is 1.16. The lowest BCUT2D eigenvalue weighted by Crippen LogP contribution is -2.00. The highest BCUT2D eigenvalue weighted by Crippen LogP contribution is 2.31. The fraction of sp³-hybridized carbons (Fsp3) is 0. The van der Waals surface area contributed by atoms with Crippen LogP contribution in [-0.2, 0) is 0 Å². The Hall–Kier alpha value is -2.29. The van der Waals surface area contributed by atoms with Crippen LogP contribution in [0.5, 0.6) is 0 Å². The Kier molecular flexibility index (Phi) is 1.81. The third-order valence-electron chi connectivity index (χ3n) is 3.28. The van der Waals surface area contributed by atoms with Crippen LogP contribution in [0.25, 0.3) is 32.8 Å². The van der Waals surface area contributed by atoms with Crippen molar-refractivity contribution >= 4 is 46.2 Å². The summed E-state index contributed by atoms with van der Waals surface area (Å²) in [6.07, 6.45) is 1.83. The fourth-order valence-electron chi connectivity index (χ4n) is 2.45. The molecule has 0 N–H and O–H groups in total. The summed E-state index contributed by atoms with van der Waals surface area (Å²) in [5.41, 5.74) is 2.01. The SMILES string of the molecule is [B]c1cccc2c1oc1ncc3ccccc3c12. The second-order valence-electron chi connectivity index (χ2n) is 4.35. The topological polar surface area (TPSA) is 26.0 Å². The third-order valence-corrected chi connectivity index (χ3v) is 3.28. The van der Waals surface area contributed by atoms with Gasteiger partial charge in [0.05, 0.1) is 5.39 Å². The van der Waals surface area contributed by atoms with E-state index >= 15 is 0 Å². The van der Waals surface area contributed by atoms with Gasteiger partial charge < -0.3 is 4.42 Å². The molecular weight excluding hydrogens is 221 g/mol. The summed E-state index contributed by atoms with van der Waals surface area (Å²) in [5, 5.41) is 4.31. The molecule has 82 valence electrons. The van der Waals surface area contributed by atoms with E-state index in [4.69, 9.17) is 12.3 Å². The lowest BCUT2D eigenvalue weighted by molar-refractivity contribution is 0.657. The number of para-hydroxylation sites is 1. The molecule has 0 aliphatic heterocycles. The second kappa shape index (κ2) is 3.36. The fourth-order valence-corrected chi connectivity index (χ4v) is 2.45. The van der Waals surface area contributed by atoms with Crippen molar-refractivity contribution in [2.45, 2.75) is 0 Å². The largest absolute Gasteiger partial charge is 0.438 e. The quantitative estimate of drug-likeness (QED) is 0.433. The van der Waals surface area contributed by atoms with Crippen molar-refractivity contribution in [3.05, 3.63) is 48.7 Å². The predicted molar refractivity (Wildman–Crippen MR) is 74.4 cm³/mol. The van der Waals surface area contributed by atoms with Gasteiger partial charge in [0, 0.05) is 17.0 Å². The van der Waals surface area contributed by atoms with Crippen molar-refractivity contribution < 1.29 is 4.42 Å². The van der Waals surface area contributed by atoms with Gasteiger partial charge in [-0.05, 0) is 5.39 Å². The van der Waals surface area contributed by atoms with E-state index in [1.165, 1.54) is 0 Å². The Morgan fingerprint density at radius 2 is 1.78 bits per heavy atom. The van der Waals surface area contributed by atoms with E-state index in [1.54, 1.807) is 0 Å². The van der Waals surface area contributed by atoms with Gasteiger partial charge in [-0.15, -0.1) is 0 Å². The number of aromatic nitrogens is 1. The molecule has 3 heteroatoms. The lowest BCUT2D eigenvalue weighted by Gasteiger charge is -1.97. The monoisotopic (exact) mass is 229 g/mol. The Labute approximate surface area is 105 Å². The van der Waals surface area contributed by atoms with Crippen LogP contribution in [-0.4, -0.2) is 12.8 Å². The highest BCUT2D eigenvalue weighted by atomic mass is 16.3. The zero-order valence-electron chi connectivity index (χ0n) is 9.55. The van der Waals surface area contributed by atoms with Gasteiger partial charge in [0.1, 0.15) is 13.4 Å². The molecule has 0 bridgehead atoms. The van der Waals surface area contributed by atoms with E-state index in [0.717, 1.165) is 27.1 Å². The van der Waals surface area contributed by atoms with Crippen LogP contribution in [0.2, 0.25) is 0 Å². The number of furan rings is 1. The first-order valence-corrected chi connectivity index (χ1v) is 5.79. The molecule has 18 heavy (non-hydrogen) atoms. The standard InChI is InChI=1S/C15H8BNO/c16-12-7-3-6-11-13-10-5-2-1-4-9(10)8-17-15(13)18-14(11)12/h1-8H. The molecule has 4 rings (SSSR count). The van der Waals surface area contributed by atoms with Crippen LogP contribution in [0, 0.1) is 0 Å². The highest BCUT2D eigenvalue weighted by molar-refractivity contribution is 6.39. The van der Waals surface area contributed by atoms with Gasteiger partial charge in [-0.2, -0.15) is 0 Å². The van der Waals surface area contributed by atoms with E-state index in [-0.39, 0.29) is 0 Å². The van der Waals surface area contributed by atoms with E-state index in [9.17, 15) is 0 Å². The summed E-state index contributed by atoms with van der Waals surface area (Å²) in [6.45, 7) is 0. The maximum atomic E-state index is 5.94. The van der Waals surface area contributed by atoms with Crippen molar-refractivity contribution in [1.29, 1.82) is 0 Å². The van der Waals surface area contributed by atoms with Crippen molar-refractivity contribution in [3.8, 4) is 0 Å². The number of pyridine rings is 1. The molecule has 0 amide bonds. The van der Waals surface area contributed by atoms with Crippen molar-refractivity contribution in [2.75, 3.05) is 0 Å². The van der Waals surface area contributed by atoms with Gasteiger partial charge in [0.25, 0.3) is 0 Å². The molecule has 0 fully saturated rings. The molecule has 2 radical (unpaired) electrons. The Balaban J connectivity index is 2.37. The number of rotatable bonds is 0. The van der Waals surface area contributed by atoms with E-state index in [1.807, 2.05) is 42.6 Å².